The van der Waals surface area contributed by atoms with E-state index in [9.17, 15) is 13.2 Å². The number of aromatic amines is 1. The van der Waals surface area contributed by atoms with Crippen molar-refractivity contribution in [1.29, 1.82) is 0 Å². The molecule has 0 aliphatic carbocycles. The van der Waals surface area contributed by atoms with E-state index in [2.05, 4.69) is 20.5 Å². The van der Waals surface area contributed by atoms with Gasteiger partial charge in [-0.1, -0.05) is 6.42 Å². The predicted molar refractivity (Wildman–Crippen MR) is 111 cm³/mol. The number of nitrogens with zero attached hydrogens (tertiary/aromatic N) is 3. The molecule has 4 rings (SSSR count). The lowest BCUT2D eigenvalue weighted by Gasteiger charge is -2.24. The number of ether oxygens (including phenoxy) is 1. The van der Waals surface area contributed by atoms with E-state index in [-0.39, 0.29) is 17.4 Å². The van der Waals surface area contributed by atoms with E-state index in [0.717, 1.165) is 30.6 Å². The van der Waals surface area contributed by atoms with E-state index in [1.807, 2.05) is 12.1 Å². The summed E-state index contributed by atoms with van der Waals surface area (Å²) in [5.74, 6) is 1.05. The SMILES string of the molecule is COc1ccc(-c2n[nH]c(CNC(=O)c3ccc(S(=O)(=O)N4CCCCC4)o3)n2)cc1. The molecule has 0 unspecified atom stereocenters. The van der Waals surface area contributed by atoms with Crippen molar-refractivity contribution >= 4 is 15.9 Å². The molecule has 31 heavy (non-hydrogen) atoms. The number of amides is 1. The number of piperidine rings is 1. The molecule has 0 saturated carbocycles. The van der Waals surface area contributed by atoms with Crippen LogP contribution in [0.2, 0.25) is 0 Å². The average Bonchev–Trinajstić information content (AvgIpc) is 3.49. The highest BCUT2D eigenvalue weighted by Gasteiger charge is 2.29. The first kappa shape index (κ1) is 21.1. The molecule has 1 saturated heterocycles. The molecular weight excluding hydrogens is 422 g/mol. The Hall–Kier alpha value is -3.18. The third kappa shape index (κ3) is 4.62. The number of hydrogen-bond donors (Lipinski definition) is 2. The van der Waals surface area contributed by atoms with Crippen molar-refractivity contribution in [1.82, 2.24) is 24.8 Å². The van der Waals surface area contributed by atoms with Crippen molar-refractivity contribution in [2.45, 2.75) is 30.9 Å². The third-order valence-corrected chi connectivity index (χ3v) is 6.78. The fraction of sp³-hybridized carbons (Fsp3) is 0.350. The fourth-order valence-electron chi connectivity index (χ4n) is 3.31. The largest absolute Gasteiger partial charge is 0.497 e. The van der Waals surface area contributed by atoms with Crippen LogP contribution in [0.25, 0.3) is 11.4 Å². The van der Waals surface area contributed by atoms with Crippen LogP contribution in [0.1, 0.15) is 35.6 Å². The summed E-state index contributed by atoms with van der Waals surface area (Å²) in [6.45, 7) is 1.01. The lowest BCUT2D eigenvalue weighted by atomic mass is 10.2. The highest BCUT2D eigenvalue weighted by molar-refractivity contribution is 7.89. The van der Waals surface area contributed by atoms with Crippen LogP contribution < -0.4 is 10.1 Å². The summed E-state index contributed by atoms with van der Waals surface area (Å²) in [6, 6.07) is 9.94. The van der Waals surface area contributed by atoms with Gasteiger partial charge >= 0.3 is 0 Å². The summed E-state index contributed by atoms with van der Waals surface area (Å²) in [5.41, 5.74) is 0.799. The fourth-order valence-corrected chi connectivity index (χ4v) is 4.74. The Bertz CT molecular complexity index is 1150. The summed E-state index contributed by atoms with van der Waals surface area (Å²) in [7, 11) is -2.13. The topological polar surface area (TPSA) is 130 Å². The smallest absolute Gasteiger partial charge is 0.287 e. The minimum absolute atomic E-state index is 0.0783. The van der Waals surface area contributed by atoms with Crippen molar-refractivity contribution in [3.05, 3.63) is 48.0 Å². The molecule has 1 aromatic carbocycles. The Kier molecular flexibility index (Phi) is 6.05. The highest BCUT2D eigenvalue weighted by Crippen LogP contribution is 2.23. The Labute approximate surface area is 179 Å². The van der Waals surface area contributed by atoms with E-state index in [1.165, 1.54) is 16.4 Å². The van der Waals surface area contributed by atoms with Crippen LogP contribution >= 0.6 is 0 Å². The summed E-state index contributed by atoms with van der Waals surface area (Å²) < 4.78 is 37.2. The van der Waals surface area contributed by atoms with E-state index in [4.69, 9.17) is 9.15 Å². The predicted octanol–water partition coefficient (Wildman–Crippen LogP) is 2.18. The van der Waals surface area contributed by atoms with Gasteiger partial charge in [0.25, 0.3) is 15.9 Å². The van der Waals surface area contributed by atoms with E-state index in [1.54, 1.807) is 19.2 Å². The van der Waals surface area contributed by atoms with Crippen LogP contribution in [0.4, 0.5) is 0 Å². The maximum Gasteiger partial charge on any atom is 0.287 e. The number of methoxy groups -OCH3 is 1. The molecule has 1 amide bonds. The standard InChI is InChI=1S/C20H23N5O5S/c1-29-15-7-5-14(6-8-15)19-22-17(23-24-19)13-21-20(26)16-9-10-18(30-16)31(27,28)25-11-3-2-4-12-25/h5-10H,2-4,11-13H2,1H3,(H,21,26)(H,22,23,24). The third-order valence-electron chi connectivity index (χ3n) is 5.01. The van der Waals surface area contributed by atoms with Gasteiger partial charge in [0.05, 0.1) is 13.7 Å². The Morgan fingerprint density at radius 2 is 1.90 bits per heavy atom. The summed E-state index contributed by atoms with van der Waals surface area (Å²) in [5, 5.41) is 9.34. The zero-order chi connectivity index (χ0) is 21.8. The van der Waals surface area contributed by atoms with Crippen molar-refractivity contribution in [3.63, 3.8) is 0 Å². The normalized spacial score (nSPS) is 15.0. The number of rotatable bonds is 7. The molecule has 10 nitrogen and oxygen atoms in total. The molecule has 0 radical (unpaired) electrons. The van der Waals surface area contributed by atoms with E-state index < -0.39 is 15.9 Å². The van der Waals surface area contributed by atoms with Gasteiger partial charge in [-0.2, -0.15) is 9.40 Å². The Morgan fingerprint density at radius 3 is 2.61 bits per heavy atom. The molecule has 2 N–H and O–H groups in total. The zero-order valence-corrected chi connectivity index (χ0v) is 17.8. The molecule has 0 bridgehead atoms. The number of carbonyl (C=O) groups excluding carboxylic acids is 1. The minimum Gasteiger partial charge on any atom is -0.497 e. The first-order chi connectivity index (χ1) is 15.0. The number of carbonyl (C=O) groups is 1. The lowest BCUT2D eigenvalue weighted by Crippen LogP contribution is -2.35. The van der Waals surface area contributed by atoms with Gasteiger partial charge in [0.1, 0.15) is 11.6 Å². The van der Waals surface area contributed by atoms with Crippen molar-refractivity contribution < 1.29 is 22.4 Å². The van der Waals surface area contributed by atoms with Crippen molar-refractivity contribution in [3.8, 4) is 17.1 Å². The van der Waals surface area contributed by atoms with Crippen LogP contribution in [0, 0.1) is 0 Å². The van der Waals surface area contributed by atoms with Gasteiger partial charge in [-0.05, 0) is 49.2 Å². The number of H-pyrrole nitrogens is 1. The first-order valence-electron chi connectivity index (χ1n) is 9.91. The maximum atomic E-state index is 12.6. The molecule has 0 atom stereocenters. The Balaban J connectivity index is 1.38. The summed E-state index contributed by atoms with van der Waals surface area (Å²) >= 11 is 0. The van der Waals surface area contributed by atoms with E-state index >= 15 is 0 Å². The Morgan fingerprint density at radius 1 is 1.16 bits per heavy atom. The van der Waals surface area contributed by atoms with E-state index in [0.29, 0.717) is 24.7 Å². The number of hydrogen-bond acceptors (Lipinski definition) is 7. The molecule has 3 heterocycles. The van der Waals surface area contributed by atoms with Crippen LogP contribution in [0.15, 0.2) is 45.9 Å². The maximum absolute atomic E-state index is 12.6. The van der Waals surface area contributed by atoms with Crippen LogP contribution in [-0.2, 0) is 16.6 Å². The van der Waals surface area contributed by atoms with Gasteiger partial charge in [0.15, 0.2) is 11.6 Å². The van der Waals surface area contributed by atoms with Gasteiger partial charge in [-0.3, -0.25) is 9.89 Å². The second-order valence-corrected chi connectivity index (χ2v) is 8.97. The highest BCUT2D eigenvalue weighted by atomic mass is 32.2. The van der Waals surface area contributed by atoms with Gasteiger partial charge in [0.2, 0.25) is 5.09 Å². The minimum atomic E-state index is -3.72. The molecule has 0 spiro atoms. The van der Waals surface area contributed by atoms with Crippen LogP contribution in [-0.4, -0.2) is 54.0 Å². The molecular formula is C20H23N5O5S. The number of nitrogens with one attached hydrogen (secondary N) is 2. The molecule has 3 aromatic rings. The van der Waals surface area contributed by atoms with Gasteiger partial charge in [-0.15, -0.1) is 0 Å². The van der Waals surface area contributed by atoms with Gasteiger partial charge in [0, 0.05) is 18.7 Å². The molecule has 1 aliphatic rings. The number of furan rings is 1. The lowest BCUT2D eigenvalue weighted by molar-refractivity contribution is 0.0916. The monoisotopic (exact) mass is 445 g/mol. The first-order valence-corrected chi connectivity index (χ1v) is 11.4. The molecule has 164 valence electrons. The average molecular weight is 446 g/mol. The summed E-state index contributed by atoms with van der Waals surface area (Å²) in [4.78, 5) is 16.7. The van der Waals surface area contributed by atoms with Crippen LogP contribution in [0.3, 0.4) is 0 Å². The van der Waals surface area contributed by atoms with Gasteiger partial charge < -0.3 is 14.5 Å². The second kappa shape index (κ2) is 8.90. The zero-order valence-electron chi connectivity index (χ0n) is 17.0. The quantitative estimate of drug-likeness (QED) is 0.570. The molecule has 2 aromatic heterocycles. The number of sulfonamides is 1. The van der Waals surface area contributed by atoms with Crippen LogP contribution in [0.5, 0.6) is 5.75 Å². The number of aromatic nitrogens is 3. The molecule has 1 fully saturated rings. The number of benzene rings is 1. The molecule has 11 heteroatoms. The van der Waals surface area contributed by atoms with Gasteiger partial charge in [-0.25, -0.2) is 13.4 Å². The van der Waals surface area contributed by atoms with Crippen molar-refractivity contribution in [2.75, 3.05) is 20.2 Å². The van der Waals surface area contributed by atoms with Crippen molar-refractivity contribution in [2.24, 2.45) is 0 Å². The molecule has 1 aliphatic heterocycles. The second-order valence-electron chi connectivity index (χ2n) is 7.10. The summed E-state index contributed by atoms with van der Waals surface area (Å²) in [6.07, 6.45) is 2.66.